The van der Waals surface area contributed by atoms with Gasteiger partial charge in [-0.1, -0.05) is 43.1 Å². The smallest absolute Gasteiger partial charge is 0.332 e. The van der Waals surface area contributed by atoms with Crippen LogP contribution >= 0.6 is 23.2 Å². The topological polar surface area (TPSA) is 106 Å². The van der Waals surface area contributed by atoms with Crippen molar-refractivity contribution < 1.29 is 28.6 Å². The van der Waals surface area contributed by atoms with Gasteiger partial charge in [-0.3, -0.25) is 9.59 Å². The van der Waals surface area contributed by atoms with Gasteiger partial charge in [-0.2, -0.15) is 0 Å². The number of nitrogens with zero attached hydrogens (tertiary/aromatic N) is 1. The summed E-state index contributed by atoms with van der Waals surface area (Å²) < 4.78 is 21.6. The molecule has 1 amide bonds. The van der Waals surface area contributed by atoms with Crippen LogP contribution in [0.1, 0.15) is 82.3 Å². The highest BCUT2D eigenvalue weighted by Crippen LogP contribution is 2.72. The number of carboxylic acids is 1. The third kappa shape index (κ3) is 4.56. The van der Waals surface area contributed by atoms with Crippen molar-refractivity contribution in [1.82, 2.24) is 4.98 Å². The van der Waals surface area contributed by atoms with Gasteiger partial charge in [0.1, 0.15) is 5.78 Å². The molecule has 10 heteroatoms. The van der Waals surface area contributed by atoms with Crippen molar-refractivity contribution in [3.8, 4) is 0 Å². The number of benzene rings is 1. The van der Waals surface area contributed by atoms with Crippen molar-refractivity contribution in [1.29, 1.82) is 0 Å². The summed E-state index contributed by atoms with van der Waals surface area (Å²) in [5.74, 6) is -3.65. The Morgan fingerprint density at radius 1 is 1.14 bits per heavy atom. The van der Waals surface area contributed by atoms with Crippen LogP contribution in [0.15, 0.2) is 30.5 Å². The standard InChI is InChI=1S/C32H35Cl2FN2O5/c1-30(2)8-10-31(11-9-30)15-20(23(38)13-17-3-6-24(28(39)40)42-16-17)25(19-7-12-36-27(34)26(19)35)32(31)21-5-4-18(33)14-22(21)37-29(32)41/h4-5,7,12,14,17,20,24-25H,3,6,8-11,13,15-16H2,1-2H3,(H,37,41)(H,39,40)/t17-,20-,24-,25-,32+/m0/s1. The van der Waals surface area contributed by atoms with Gasteiger partial charge in [-0.15, -0.1) is 0 Å². The zero-order valence-electron chi connectivity index (χ0n) is 23.7. The lowest BCUT2D eigenvalue weighted by molar-refractivity contribution is -0.155. The Balaban J connectivity index is 1.49. The van der Waals surface area contributed by atoms with Gasteiger partial charge in [0.15, 0.2) is 17.1 Å². The highest BCUT2D eigenvalue weighted by molar-refractivity contribution is 6.31. The molecule has 42 heavy (non-hydrogen) atoms. The summed E-state index contributed by atoms with van der Waals surface area (Å²) in [7, 11) is 0. The quantitative estimate of drug-likeness (QED) is 0.352. The van der Waals surface area contributed by atoms with Crippen LogP contribution in [0, 0.1) is 28.5 Å². The molecule has 0 bridgehead atoms. The lowest BCUT2D eigenvalue weighted by Gasteiger charge is -2.51. The number of hydrogen-bond donors (Lipinski definition) is 2. The van der Waals surface area contributed by atoms with E-state index in [1.165, 1.54) is 6.20 Å². The average Bonchev–Trinajstić information content (AvgIpc) is 3.40. The molecular formula is C32H35Cl2FN2O5. The molecule has 4 aliphatic rings. The predicted octanol–water partition coefficient (Wildman–Crippen LogP) is 6.95. The van der Waals surface area contributed by atoms with Crippen LogP contribution in [-0.2, 0) is 24.5 Å². The van der Waals surface area contributed by atoms with Gasteiger partial charge in [0.2, 0.25) is 5.91 Å². The molecule has 2 aromatic rings. The number of fused-ring (bicyclic) bond motifs is 3. The maximum absolute atomic E-state index is 16.0. The largest absolute Gasteiger partial charge is 0.479 e. The van der Waals surface area contributed by atoms with E-state index in [2.05, 4.69) is 24.1 Å². The minimum atomic E-state index is -1.22. The number of nitrogens with one attached hydrogen (secondary N) is 1. The zero-order valence-corrected chi connectivity index (χ0v) is 25.2. The molecule has 1 aromatic carbocycles. The summed E-state index contributed by atoms with van der Waals surface area (Å²) >= 11 is 12.6. The third-order valence-electron chi connectivity index (χ3n) is 10.7. The van der Waals surface area contributed by atoms with E-state index < -0.39 is 40.6 Å². The van der Waals surface area contributed by atoms with Gasteiger partial charge in [0.25, 0.3) is 0 Å². The van der Waals surface area contributed by atoms with Gasteiger partial charge in [-0.25, -0.2) is 14.2 Å². The summed E-state index contributed by atoms with van der Waals surface area (Å²) in [6.07, 6.45) is 5.20. The number of pyridine rings is 1. The maximum atomic E-state index is 16.0. The second-order valence-corrected chi connectivity index (χ2v) is 14.3. The van der Waals surface area contributed by atoms with Crippen molar-refractivity contribution in [3.63, 3.8) is 0 Å². The van der Waals surface area contributed by atoms with E-state index >= 15 is 4.39 Å². The second-order valence-electron chi connectivity index (χ2n) is 13.5. The lowest BCUT2D eigenvalue weighted by Crippen LogP contribution is -2.52. The Kier molecular flexibility index (Phi) is 7.42. The van der Waals surface area contributed by atoms with E-state index in [4.69, 9.17) is 27.9 Å². The Labute approximate surface area is 254 Å². The van der Waals surface area contributed by atoms with Gasteiger partial charge < -0.3 is 15.2 Å². The highest BCUT2D eigenvalue weighted by Gasteiger charge is 2.72. The van der Waals surface area contributed by atoms with Crippen LogP contribution in [0.25, 0.3) is 0 Å². The number of aliphatic carboxylic acids is 1. The molecule has 2 aliphatic carbocycles. The van der Waals surface area contributed by atoms with Crippen LogP contribution in [0.5, 0.6) is 0 Å². The van der Waals surface area contributed by atoms with Crippen molar-refractivity contribution in [3.05, 3.63) is 57.6 Å². The number of aromatic nitrogens is 1. The van der Waals surface area contributed by atoms with Gasteiger partial charge >= 0.3 is 5.97 Å². The molecule has 7 nitrogen and oxygen atoms in total. The van der Waals surface area contributed by atoms with Crippen molar-refractivity contribution >= 4 is 46.5 Å². The number of carbonyl (C=O) groups is 3. The number of halogens is 3. The van der Waals surface area contributed by atoms with Crippen LogP contribution in [0.2, 0.25) is 10.2 Å². The number of carbonyl (C=O) groups excluding carboxylic acids is 2. The molecular weight excluding hydrogens is 582 g/mol. The molecule has 3 heterocycles. The number of carboxylic acid groups (broad SMARTS) is 1. The molecule has 2 N–H and O–H groups in total. The van der Waals surface area contributed by atoms with Crippen LogP contribution in [0.4, 0.5) is 10.1 Å². The Morgan fingerprint density at radius 3 is 2.55 bits per heavy atom. The minimum absolute atomic E-state index is 0.0639. The zero-order chi connectivity index (χ0) is 30.0. The normalized spacial score (nSPS) is 31.2. The first-order chi connectivity index (χ1) is 19.9. The molecule has 1 aromatic heterocycles. The van der Waals surface area contributed by atoms with Gasteiger partial charge in [-0.05, 0) is 91.0 Å². The first-order valence-corrected chi connectivity index (χ1v) is 15.4. The van der Waals surface area contributed by atoms with E-state index in [1.54, 1.807) is 18.2 Å². The predicted molar refractivity (Wildman–Crippen MR) is 156 cm³/mol. The summed E-state index contributed by atoms with van der Waals surface area (Å²) in [5, 5.41) is 12.6. The molecule has 2 saturated carbocycles. The molecule has 2 spiro atoms. The number of rotatable bonds is 5. The highest BCUT2D eigenvalue weighted by atomic mass is 35.5. The fraction of sp³-hybridized carbons (Fsp3) is 0.562. The molecule has 5 atom stereocenters. The minimum Gasteiger partial charge on any atom is -0.479 e. The van der Waals surface area contributed by atoms with E-state index in [0.717, 1.165) is 18.4 Å². The molecule has 2 aliphatic heterocycles. The fourth-order valence-corrected chi connectivity index (χ4v) is 8.83. The van der Waals surface area contributed by atoms with Gasteiger partial charge in [0, 0.05) is 35.2 Å². The van der Waals surface area contributed by atoms with Crippen molar-refractivity contribution in [2.24, 2.45) is 22.7 Å². The molecule has 1 saturated heterocycles. The van der Waals surface area contributed by atoms with E-state index in [-0.39, 0.29) is 46.8 Å². The Morgan fingerprint density at radius 2 is 1.88 bits per heavy atom. The summed E-state index contributed by atoms with van der Waals surface area (Å²) in [4.78, 5) is 44.2. The lowest BCUT2D eigenvalue weighted by atomic mass is 9.51. The Hall–Kier alpha value is -2.55. The summed E-state index contributed by atoms with van der Waals surface area (Å²) in [6.45, 7) is 4.61. The monoisotopic (exact) mass is 616 g/mol. The summed E-state index contributed by atoms with van der Waals surface area (Å²) in [5.41, 5.74) is -0.180. The van der Waals surface area contributed by atoms with Crippen LogP contribution in [-0.4, -0.2) is 40.5 Å². The first-order valence-electron chi connectivity index (χ1n) is 14.7. The molecule has 224 valence electrons. The number of ether oxygens (including phenoxy) is 1. The average molecular weight is 618 g/mol. The molecule has 0 unspecified atom stereocenters. The molecule has 3 fully saturated rings. The number of amides is 1. The number of hydrogen-bond acceptors (Lipinski definition) is 5. The van der Waals surface area contributed by atoms with Crippen LogP contribution < -0.4 is 5.32 Å². The van der Waals surface area contributed by atoms with E-state index in [9.17, 15) is 19.5 Å². The van der Waals surface area contributed by atoms with Gasteiger partial charge in [0.05, 0.1) is 12.0 Å². The van der Waals surface area contributed by atoms with Crippen molar-refractivity contribution in [2.75, 3.05) is 11.9 Å². The van der Waals surface area contributed by atoms with E-state index in [0.29, 0.717) is 42.8 Å². The molecule has 0 radical (unpaired) electrons. The number of ketones is 1. The molecule has 6 rings (SSSR count). The Bertz CT molecular complexity index is 1450. The first kappa shape index (κ1) is 29.5. The SMILES string of the molecule is CC1(C)CCC2(CC1)C[C@@H](C(=O)C[C@@H]1CC[C@@H](C(=O)O)OC1)[C@H](c1ccnc(Cl)c1F)[C@]21C(=O)Nc2cc(Cl)ccc21. The fourth-order valence-electron chi connectivity index (χ4n) is 8.50. The second kappa shape index (κ2) is 10.6. The van der Waals surface area contributed by atoms with E-state index in [1.807, 2.05) is 6.07 Å². The number of Topliss-reactive ketones (excluding diaryl/α,β-unsaturated/α-hetero) is 1. The number of anilines is 1. The van der Waals surface area contributed by atoms with Crippen LogP contribution in [0.3, 0.4) is 0 Å². The summed E-state index contributed by atoms with van der Waals surface area (Å²) in [6, 6.07) is 6.90. The van der Waals surface area contributed by atoms with Crippen molar-refractivity contribution in [2.45, 2.75) is 82.7 Å². The maximum Gasteiger partial charge on any atom is 0.332 e. The third-order valence-corrected chi connectivity index (χ3v) is 11.1.